The number of carbonyl (C=O) groups is 1. The topological polar surface area (TPSA) is 29.1 Å². The molecule has 0 aliphatic carbocycles. The van der Waals surface area contributed by atoms with Gasteiger partial charge in [0.25, 0.3) is 0 Å². The third-order valence-corrected chi connectivity index (χ3v) is 3.56. The van der Waals surface area contributed by atoms with E-state index < -0.39 is 0 Å². The summed E-state index contributed by atoms with van der Waals surface area (Å²) < 4.78 is 0. The number of thioether (sulfide) groups is 1. The molecule has 2 rings (SSSR count). The number of rotatable bonds is 0. The maximum atomic E-state index is 11.3. The number of Topliss-reactive ketones (excluding diaryl/α,β-unsaturated/α-hetero) is 1. The number of nitrogens with one attached hydrogen (secondary N) is 1. The molecule has 0 saturated carbocycles. The summed E-state index contributed by atoms with van der Waals surface area (Å²) in [6, 6.07) is 0. The van der Waals surface area contributed by atoms with Gasteiger partial charge in [-0.2, -0.15) is 11.8 Å². The number of carbonyl (C=O) groups excluding carboxylic acids is 1. The van der Waals surface area contributed by atoms with Crippen LogP contribution in [0.3, 0.4) is 0 Å². The van der Waals surface area contributed by atoms with Gasteiger partial charge >= 0.3 is 0 Å². The van der Waals surface area contributed by atoms with Crippen LogP contribution in [0, 0.1) is 0 Å². The molecule has 2 fully saturated rings. The summed E-state index contributed by atoms with van der Waals surface area (Å²) in [4.78, 5) is 11.3. The highest BCUT2D eigenvalue weighted by Gasteiger charge is 2.43. The third-order valence-electron chi connectivity index (χ3n) is 2.37. The molecule has 1 unspecified atom stereocenters. The minimum atomic E-state index is -0.0787. The highest BCUT2D eigenvalue weighted by Crippen LogP contribution is 2.32. The normalized spacial score (nSPS) is 36.2. The first-order valence-electron chi connectivity index (χ1n) is 3.70. The molecule has 2 heterocycles. The number of halogens is 1. The molecule has 1 atom stereocenters. The largest absolute Gasteiger partial charge is 0.304 e. The zero-order valence-electron chi connectivity index (χ0n) is 6.26. The first kappa shape index (κ1) is 9.36. The van der Waals surface area contributed by atoms with Crippen LogP contribution in [0.25, 0.3) is 0 Å². The second-order valence-corrected chi connectivity index (χ2v) is 4.09. The van der Waals surface area contributed by atoms with Crippen LogP contribution in [0.2, 0.25) is 0 Å². The molecule has 11 heavy (non-hydrogen) atoms. The molecule has 0 aromatic heterocycles. The fourth-order valence-corrected chi connectivity index (χ4v) is 3.07. The molecule has 0 radical (unpaired) electrons. The average Bonchev–Trinajstić information content (AvgIpc) is 2.48. The zero-order valence-corrected chi connectivity index (χ0v) is 7.89. The van der Waals surface area contributed by atoms with Crippen LogP contribution in [0.1, 0.15) is 12.8 Å². The maximum Gasteiger partial charge on any atom is 0.155 e. The molecule has 0 bridgehead atoms. The molecule has 2 saturated heterocycles. The van der Waals surface area contributed by atoms with Crippen LogP contribution in [-0.2, 0) is 4.79 Å². The molecule has 0 aromatic carbocycles. The Bertz CT molecular complexity index is 162. The molecule has 0 amide bonds. The van der Waals surface area contributed by atoms with Crippen LogP contribution in [0.15, 0.2) is 0 Å². The third kappa shape index (κ3) is 1.42. The van der Waals surface area contributed by atoms with Gasteiger partial charge in [-0.1, -0.05) is 0 Å². The van der Waals surface area contributed by atoms with Crippen LogP contribution in [0.4, 0.5) is 0 Å². The fraction of sp³-hybridized carbons (Fsp3) is 0.857. The Labute approximate surface area is 76.9 Å². The SMILES string of the molecule is Cl.O=C1CCNC12CCSC2. The van der Waals surface area contributed by atoms with Gasteiger partial charge < -0.3 is 5.32 Å². The van der Waals surface area contributed by atoms with Crippen molar-refractivity contribution in [2.24, 2.45) is 0 Å². The quantitative estimate of drug-likeness (QED) is 0.619. The van der Waals surface area contributed by atoms with E-state index in [9.17, 15) is 4.79 Å². The van der Waals surface area contributed by atoms with Crippen molar-refractivity contribution in [3.8, 4) is 0 Å². The molecule has 1 spiro atoms. The average molecular weight is 194 g/mol. The summed E-state index contributed by atoms with van der Waals surface area (Å²) in [5.41, 5.74) is -0.0787. The lowest BCUT2D eigenvalue weighted by Crippen LogP contribution is -2.45. The predicted octanol–water partition coefficient (Wildman–Crippen LogP) is 0.846. The Kier molecular flexibility index (Phi) is 2.84. The van der Waals surface area contributed by atoms with Crippen molar-refractivity contribution in [1.82, 2.24) is 5.32 Å². The smallest absolute Gasteiger partial charge is 0.155 e. The van der Waals surface area contributed by atoms with Gasteiger partial charge in [-0.15, -0.1) is 12.4 Å². The van der Waals surface area contributed by atoms with Crippen molar-refractivity contribution in [2.45, 2.75) is 18.4 Å². The van der Waals surface area contributed by atoms with E-state index in [1.54, 1.807) is 0 Å². The standard InChI is InChI=1S/C7H11NOS.ClH/c9-6-1-3-8-7(6)2-4-10-5-7;/h8H,1-5H2;1H. The Hall–Kier alpha value is 0.270. The lowest BCUT2D eigenvalue weighted by Gasteiger charge is -2.19. The lowest BCUT2D eigenvalue weighted by atomic mass is 9.96. The Morgan fingerprint density at radius 3 is 2.82 bits per heavy atom. The van der Waals surface area contributed by atoms with Gasteiger partial charge in [-0.25, -0.2) is 0 Å². The van der Waals surface area contributed by atoms with Crippen molar-refractivity contribution >= 4 is 30.0 Å². The molecule has 2 aliphatic heterocycles. The summed E-state index contributed by atoms with van der Waals surface area (Å²) in [6.07, 6.45) is 1.80. The van der Waals surface area contributed by atoms with E-state index in [2.05, 4.69) is 5.32 Å². The molecule has 1 N–H and O–H groups in total. The summed E-state index contributed by atoms with van der Waals surface area (Å²) in [7, 11) is 0. The molecular weight excluding hydrogens is 182 g/mol. The van der Waals surface area contributed by atoms with Gasteiger partial charge in [0.1, 0.15) is 0 Å². The van der Waals surface area contributed by atoms with E-state index in [-0.39, 0.29) is 17.9 Å². The molecule has 0 aromatic rings. The first-order chi connectivity index (χ1) is 4.83. The van der Waals surface area contributed by atoms with Crippen molar-refractivity contribution in [1.29, 1.82) is 0 Å². The van der Waals surface area contributed by atoms with Crippen molar-refractivity contribution in [3.63, 3.8) is 0 Å². The molecule has 2 nitrogen and oxygen atoms in total. The predicted molar refractivity (Wildman–Crippen MR) is 49.5 cm³/mol. The number of hydrogen-bond acceptors (Lipinski definition) is 3. The molecule has 4 heteroatoms. The summed E-state index contributed by atoms with van der Waals surface area (Å²) in [5.74, 6) is 2.60. The summed E-state index contributed by atoms with van der Waals surface area (Å²) >= 11 is 1.89. The number of ketones is 1. The van der Waals surface area contributed by atoms with Crippen LogP contribution in [-0.4, -0.2) is 29.4 Å². The zero-order chi connectivity index (χ0) is 7.03. The van der Waals surface area contributed by atoms with Crippen molar-refractivity contribution < 1.29 is 4.79 Å². The van der Waals surface area contributed by atoms with Gasteiger partial charge in [-0.3, -0.25) is 4.79 Å². The lowest BCUT2D eigenvalue weighted by molar-refractivity contribution is -0.121. The van der Waals surface area contributed by atoms with Crippen LogP contribution in [0.5, 0.6) is 0 Å². The Morgan fingerprint density at radius 2 is 2.36 bits per heavy atom. The van der Waals surface area contributed by atoms with Crippen molar-refractivity contribution in [3.05, 3.63) is 0 Å². The molecule has 2 aliphatic rings. The van der Waals surface area contributed by atoms with Crippen LogP contribution < -0.4 is 5.32 Å². The summed E-state index contributed by atoms with van der Waals surface area (Å²) in [5, 5.41) is 3.31. The van der Waals surface area contributed by atoms with E-state index in [0.717, 1.165) is 30.9 Å². The Morgan fingerprint density at radius 1 is 1.55 bits per heavy atom. The minimum absolute atomic E-state index is 0. The molecule has 64 valence electrons. The summed E-state index contributed by atoms with van der Waals surface area (Å²) in [6.45, 7) is 0.902. The van der Waals surface area contributed by atoms with E-state index in [0.29, 0.717) is 5.78 Å². The van der Waals surface area contributed by atoms with Gasteiger partial charge in [0.2, 0.25) is 0 Å². The van der Waals surface area contributed by atoms with Gasteiger partial charge in [0.15, 0.2) is 5.78 Å². The highest BCUT2D eigenvalue weighted by molar-refractivity contribution is 7.99. The van der Waals surface area contributed by atoms with E-state index in [1.807, 2.05) is 11.8 Å². The second kappa shape index (κ2) is 3.33. The minimum Gasteiger partial charge on any atom is -0.304 e. The van der Waals surface area contributed by atoms with Gasteiger partial charge in [0.05, 0.1) is 5.54 Å². The van der Waals surface area contributed by atoms with E-state index in [1.165, 1.54) is 0 Å². The monoisotopic (exact) mass is 193 g/mol. The van der Waals surface area contributed by atoms with E-state index in [4.69, 9.17) is 0 Å². The molecular formula is C7H12ClNOS. The van der Waals surface area contributed by atoms with Gasteiger partial charge in [0, 0.05) is 18.7 Å². The van der Waals surface area contributed by atoms with Crippen LogP contribution >= 0.6 is 24.2 Å². The highest BCUT2D eigenvalue weighted by atomic mass is 35.5. The number of hydrogen-bond donors (Lipinski definition) is 1. The maximum absolute atomic E-state index is 11.3. The van der Waals surface area contributed by atoms with Gasteiger partial charge in [-0.05, 0) is 12.2 Å². The second-order valence-electron chi connectivity index (χ2n) is 2.98. The fourth-order valence-electron chi connectivity index (χ4n) is 1.68. The van der Waals surface area contributed by atoms with E-state index >= 15 is 0 Å². The first-order valence-corrected chi connectivity index (χ1v) is 4.85. The Balaban J connectivity index is 0.000000605. The van der Waals surface area contributed by atoms with Crippen molar-refractivity contribution in [2.75, 3.05) is 18.1 Å².